The van der Waals surface area contributed by atoms with E-state index in [9.17, 15) is 4.79 Å². The van der Waals surface area contributed by atoms with E-state index in [1.807, 2.05) is 6.07 Å². The van der Waals surface area contributed by atoms with Gasteiger partial charge in [-0.25, -0.2) is 0 Å². The number of aldehydes is 1. The van der Waals surface area contributed by atoms with Crippen molar-refractivity contribution in [2.45, 2.75) is 19.9 Å². The smallest absolute Gasteiger partial charge is 0.151 e. The lowest BCUT2D eigenvalue weighted by Gasteiger charge is -2.28. The van der Waals surface area contributed by atoms with E-state index in [4.69, 9.17) is 23.2 Å². The van der Waals surface area contributed by atoms with Crippen molar-refractivity contribution < 1.29 is 4.79 Å². The first-order valence-electron chi connectivity index (χ1n) is 6.62. The minimum absolute atomic E-state index is 0.424. The van der Waals surface area contributed by atoms with Crippen LogP contribution in [0, 0.1) is 0 Å². The topological polar surface area (TPSA) is 33.2 Å². The Morgan fingerprint density at radius 2 is 2.20 bits per heavy atom. The molecular weight excluding hydrogens is 295 g/mol. The molecule has 0 fully saturated rings. The highest BCUT2D eigenvalue weighted by Crippen LogP contribution is 2.34. The fourth-order valence-electron chi connectivity index (χ4n) is 2.74. The third kappa shape index (κ3) is 2.10. The Morgan fingerprint density at radius 3 is 2.90 bits per heavy atom. The molecule has 0 spiro atoms. The van der Waals surface area contributed by atoms with Crippen LogP contribution in [-0.4, -0.2) is 29.3 Å². The summed E-state index contributed by atoms with van der Waals surface area (Å²) in [6.07, 6.45) is 1.75. The van der Waals surface area contributed by atoms with Crippen molar-refractivity contribution in [2.24, 2.45) is 0 Å². The van der Waals surface area contributed by atoms with Gasteiger partial charge in [0.25, 0.3) is 0 Å². The quantitative estimate of drug-likeness (QED) is 0.793. The van der Waals surface area contributed by atoms with E-state index < -0.39 is 0 Å². The average molecular weight is 309 g/mol. The molecule has 0 atom stereocenters. The number of halogens is 2. The van der Waals surface area contributed by atoms with Crippen molar-refractivity contribution in [3.63, 3.8) is 0 Å². The summed E-state index contributed by atoms with van der Waals surface area (Å²) in [5.74, 6) is 0. The number of carbonyl (C=O) groups excluding carboxylic acids is 1. The summed E-state index contributed by atoms with van der Waals surface area (Å²) >= 11 is 12.3. The number of rotatable bonds is 2. The molecule has 0 N–H and O–H groups in total. The Balaban J connectivity index is 2.30. The Hall–Kier alpha value is -1.16. The van der Waals surface area contributed by atoms with Gasteiger partial charge >= 0.3 is 0 Å². The standard InChI is InChI=1S/C15H14Cl2N2O/c1-2-19-6-5-13-10(7-19)11(8-20)9-3-4-12(16)14(17)15(9)18-13/h3-4,8H,2,5-7H2,1H3. The summed E-state index contributed by atoms with van der Waals surface area (Å²) < 4.78 is 0. The predicted molar refractivity (Wildman–Crippen MR) is 81.8 cm³/mol. The average Bonchev–Trinajstić information content (AvgIpc) is 2.48. The molecule has 0 aliphatic carbocycles. The molecular formula is C15H14Cl2N2O. The van der Waals surface area contributed by atoms with Crippen LogP contribution in [0.2, 0.25) is 10.0 Å². The fourth-order valence-corrected chi connectivity index (χ4v) is 3.10. The molecule has 5 heteroatoms. The van der Waals surface area contributed by atoms with Crippen LogP contribution >= 0.6 is 23.2 Å². The third-order valence-electron chi connectivity index (χ3n) is 3.89. The number of fused-ring (bicyclic) bond motifs is 2. The SMILES string of the molecule is CCN1CCc2nc3c(Cl)c(Cl)ccc3c(C=O)c2C1. The first-order chi connectivity index (χ1) is 9.65. The summed E-state index contributed by atoms with van der Waals surface area (Å²) in [4.78, 5) is 18.5. The highest BCUT2D eigenvalue weighted by molar-refractivity contribution is 6.45. The van der Waals surface area contributed by atoms with E-state index in [-0.39, 0.29) is 0 Å². The second kappa shape index (κ2) is 5.32. The summed E-state index contributed by atoms with van der Waals surface area (Å²) in [5.41, 5.74) is 3.32. The van der Waals surface area contributed by atoms with Crippen molar-refractivity contribution in [2.75, 3.05) is 13.1 Å². The molecule has 0 radical (unpaired) electrons. The zero-order valence-electron chi connectivity index (χ0n) is 11.1. The number of nitrogens with zero attached hydrogens (tertiary/aromatic N) is 2. The van der Waals surface area contributed by atoms with Crippen molar-refractivity contribution in [1.29, 1.82) is 0 Å². The van der Waals surface area contributed by atoms with Gasteiger partial charge in [0, 0.05) is 36.2 Å². The van der Waals surface area contributed by atoms with Crippen LogP contribution in [-0.2, 0) is 13.0 Å². The Bertz CT molecular complexity index is 700. The van der Waals surface area contributed by atoms with Gasteiger partial charge in [0.15, 0.2) is 6.29 Å². The molecule has 0 saturated carbocycles. The van der Waals surface area contributed by atoms with Gasteiger partial charge in [-0.2, -0.15) is 0 Å². The van der Waals surface area contributed by atoms with E-state index in [1.165, 1.54) is 0 Å². The maximum Gasteiger partial charge on any atom is 0.151 e. The maximum absolute atomic E-state index is 11.6. The van der Waals surface area contributed by atoms with E-state index in [2.05, 4.69) is 16.8 Å². The molecule has 0 bridgehead atoms. The van der Waals surface area contributed by atoms with Crippen LogP contribution in [0.1, 0.15) is 28.5 Å². The van der Waals surface area contributed by atoms with Gasteiger partial charge in [-0.1, -0.05) is 36.2 Å². The lowest BCUT2D eigenvalue weighted by Crippen LogP contribution is -2.31. The number of pyridine rings is 1. The number of hydrogen-bond acceptors (Lipinski definition) is 3. The van der Waals surface area contributed by atoms with Gasteiger partial charge in [0.2, 0.25) is 0 Å². The van der Waals surface area contributed by atoms with Gasteiger partial charge in [0.1, 0.15) is 0 Å². The minimum atomic E-state index is 0.424. The molecule has 1 aliphatic heterocycles. The van der Waals surface area contributed by atoms with Gasteiger partial charge in [-0.15, -0.1) is 0 Å². The molecule has 0 saturated heterocycles. The van der Waals surface area contributed by atoms with E-state index in [0.29, 0.717) is 21.1 Å². The molecule has 3 nitrogen and oxygen atoms in total. The number of likely N-dealkylation sites (N-methyl/N-ethyl adjacent to an activating group) is 1. The molecule has 2 aromatic rings. The molecule has 2 heterocycles. The highest BCUT2D eigenvalue weighted by Gasteiger charge is 2.22. The maximum atomic E-state index is 11.6. The van der Waals surface area contributed by atoms with Gasteiger partial charge < -0.3 is 0 Å². The van der Waals surface area contributed by atoms with Gasteiger partial charge in [-0.3, -0.25) is 14.7 Å². The van der Waals surface area contributed by atoms with Crippen LogP contribution in [0.15, 0.2) is 12.1 Å². The van der Waals surface area contributed by atoms with E-state index in [1.54, 1.807) is 6.07 Å². The van der Waals surface area contributed by atoms with Gasteiger partial charge in [-0.05, 0) is 18.2 Å². The third-order valence-corrected chi connectivity index (χ3v) is 4.69. The molecule has 0 amide bonds. The Morgan fingerprint density at radius 1 is 1.40 bits per heavy atom. The molecule has 20 heavy (non-hydrogen) atoms. The zero-order valence-corrected chi connectivity index (χ0v) is 12.6. The first-order valence-corrected chi connectivity index (χ1v) is 7.38. The monoisotopic (exact) mass is 308 g/mol. The predicted octanol–water partition coefficient (Wildman–Crippen LogP) is 3.73. The largest absolute Gasteiger partial charge is 0.299 e. The Labute approximate surface area is 127 Å². The summed E-state index contributed by atoms with van der Waals surface area (Å²) in [6.45, 7) is 4.81. The van der Waals surface area contributed by atoms with Crippen molar-refractivity contribution >= 4 is 40.4 Å². The zero-order chi connectivity index (χ0) is 14.3. The van der Waals surface area contributed by atoms with Crippen LogP contribution in [0.5, 0.6) is 0 Å². The second-order valence-electron chi connectivity index (χ2n) is 4.94. The number of carbonyl (C=O) groups is 1. The lowest BCUT2D eigenvalue weighted by molar-refractivity contribution is 0.112. The van der Waals surface area contributed by atoms with E-state index in [0.717, 1.165) is 49.0 Å². The molecule has 104 valence electrons. The summed E-state index contributed by atoms with van der Waals surface area (Å²) in [5, 5.41) is 1.67. The molecule has 1 aromatic heterocycles. The summed E-state index contributed by atoms with van der Waals surface area (Å²) in [6, 6.07) is 3.54. The van der Waals surface area contributed by atoms with Crippen molar-refractivity contribution in [3.05, 3.63) is 39.0 Å². The molecule has 3 rings (SSSR count). The van der Waals surface area contributed by atoms with Crippen LogP contribution in [0.3, 0.4) is 0 Å². The molecule has 1 aromatic carbocycles. The highest BCUT2D eigenvalue weighted by atomic mass is 35.5. The molecule has 0 unspecified atom stereocenters. The van der Waals surface area contributed by atoms with Crippen LogP contribution in [0.4, 0.5) is 0 Å². The van der Waals surface area contributed by atoms with Gasteiger partial charge in [0.05, 0.1) is 15.6 Å². The van der Waals surface area contributed by atoms with Crippen molar-refractivity contribution in [1.82, 2.24) is 9.88 Å². The molecule has 1 aliphatic rings. The first kappa shape index (κ1) is 13.8. The van der Waals surface area contributed by atoms with Crippen LogP contribution < -0.4 is 0 Å². The van der Waals surface area contributed by atoms with Crippen LogP contribution in [0.25, 0.3) is 10.9 Å². The normalized spacial score (nSPS) is 15.3. The minimum Gasteiger partial charge on any atom is -0.299 e. The summed E-state index contributed by atoms with van der Waals surface area (Å²) in [7, 11) is 0. The fraction of sp³-hybridized carbons (Fsp3) is 0.333. The lowest BCUT2D eigenvalue weighted by atomic mass is 9.96. The number of benzene rings is 1. The Kier molecular flexibility index (Phi) is 3.67. The second-order valence-corrected chi connectivity index (χ2v) is 5.73. The number of hydrogen-bond donors (Lipinski definition) is 0. The van der Waals surface area contributed by atoms with Crippen molar-refractivity contribution in [3.8, 4) is 0 Å². The van der Waals surface area contributed by atoms with E-state index >= 15 is 0 Å². The number of aromatic nitrogens is 1.